The van der Waals surface area contributed by atoms with Gasteiger partial charge >= 0.3 is 5.97 Å². The van der Waals surface area contributed by atoms with Crippen molar-refractivity contribution in [3.8, 4) is 5.75 Å². The summed E-state index contributed by atoms with van der Waals surface area (Å²) in [5, 5.41) is 9.92. The number of nitrogens with two attached hydrogens (primary N) is 1. The van der Waals surface area contributed by atoms with E-state index in [1.807, 2.05) is 0 Å². The summed E-state index contributed by atoms with van der Waals surface area (Å²) in [5.41, 5.74) is 6.38. The first kappa shape index (κ1) is 12.8. The maximum absolute atomic E-state index is 10.9. The van der Waals surface area contributed by atoms with Crippen LogP contribution in [0, 0.1) is 0 Å². The topological polar surface area (TPSA) is 72.5 Å². The van der Waals surface area contributed by atoms with Crippen LogP contribution in [-0.2, 0) is 9.53 Å². The van der Waals surface area contributed by atoms with Crippen molar-refractivity contribution in [3.05, 3.63) is 28.8 Å². The minimum atomic E-state index is -0.433. The summed E-state index contributed by atoms with van der Waals surface area (Å²) in [6, 6.07) is 4.53. The first-order chi connectivity index (χ1) is 7.56. The number of ether oxygens (including phenoxy) is 1. The number of halogens is 1. The Morgan fingerprint density at radius 1 is 1.62 bits per heavy atom. The molecule has 0 aliphatic rings. The quantitative estimate of drug-likeness (QED) is 0.794. The lowest BCUT2D eigenvalue weighted by molar-refractivity contribution is -0.140. The van der Waals surface area contributed by atoms with Gasteiger partial charge in [-0.15, -0.1) is 0 Å². The maximum Gasteiger partial charge on any atom is 0.305 e. The highest BCUT2D eigenvalue weighted by atomic mass is 35.5. The van der Waals surface area contributed by atoms with E-state index in [2.05, 4.69) is 4.74 Å². The summed E-state index contributed by atoms with van der Waals surface area (Å²) >= 11 is 5.75. The molecule has 1 aromatic carbocycles. The second-order valence-corrected chi connectivity index (χ2v) is 3.81. The lowest BCUT2D eigenvalue weighted by Gasteiger charge is -2.13. The van der Waals surface area contributed by atoms with Gasteiger partial charge in [0.05, 0.1) is 12.1 Å². The van der Waals surface area contributed by atoms with Crippen LogP contribution >= 0.6 is 11.6 Å². The zero-order chi connectivity index (χ0) is 12.1. The number of phenols is 1. The van der Waals surface area contributed by atoms with E-state index in [1.54, 1.807) is 18.2 Å². The van der Waals surface area contributed by atoms with Gasteiger partial charge in [0.15, 0.2) is 0 Å². The number of carbonyl (C=O) groups excluding carboxylic acids is 1. The van der Waals surface area contributed by atoms with Crippen molar-refractivity contribution in [2.75, 3.05) is 7.11 Å². The predicted octanol–water partition coefficient (Wildman–Crippen LogP) is 2.00. The van der Waals surface area contributed by atoms with Crippen LogP contribution < -0.4 is 5.73 Å². The van der Waals surface area contributed by atoms with Crippen LogP contribution in [0.1, 0.15) is 24.4 Å². The Morgan fingerprint density at radius 2 is 2.31 bits per heavy atom. The van der Waals surface area contributed by atoms with Gasteiger partial charge in [-0.2, -0.15) is 0 Å². The van der Waals surface area contributed by atoms with Crippen LogP contribution in [0.4, 0.5) is 0 Å². The molecule has 3 N–H and O–H groups in total. The number of carbonyl (C=O) groups is 1. The second kappa shape index (κ2) is 5.72. The Hall–Kier alpha value is -1.26. The number of esters is 1. The molecule has 0 saturated carbocycles. The molecule has 0 aliphatic carbocycles. The molecular weight excluding hydrogens is 230 g/mol. The third-order valence-electron chi connectivity index (χ3n) is 2.30. The molecule has 0 aliphatic heterocycles. The third kappa shape index (κ3) is 3.12. The van der Waals surface area contributed by atoms with Crippen molar-refractivity contribution in [2.45, 2.75) is 18.9 Å². The molecule has 0 saturated heterocycles. The molecule has 1 rings (SSSR count). The number of phenolic OH excluding ortho intramolecular Hbond substituents is 1. The Labute approximate surface area is 99.0 Å². The molecule has 1 aromatic rings. The molecule has 4 nitrogen and oxygen atoms in total. The summed E-state index contributed by atoms with van der Waals surface area (Å²) in [4.78, 5) is 10.9. The molecule has 0 amide bonds. The highest BCUT2D eigenvalue weighted by Crippen LogP contribution is 2.31. The van der Waals surface area contributed by atoms with Gasteiger partial charge < -0.3 is 15.6 Å². The van der Waals surface area contributed by atoms with Gasteiger partial charge in [-0.3, -0.25) is 4.79 Å². The van der Waals surface area contributed by atoms with Crippen LogP contribution in [-0.4, -0.2) is 18.2 Å². The zero-order valence-electron chi connectivity index (χ0n) is 8.94. The molecule has 0 radical (unpaired) electrons. The standard InChI is InChI=1S/C11H14ClNO3/c1-16-10(14)6-5-9(13)7-3-2-4-8(12)11(7)15/h2-4,9,15H,5-6,13H2,1H3. The lowest BCUT2D eigenvalue weighted by atomic mass is 10.0. The van der Waals surface area contributed by atoms with E-state index in [-0.39, 0.29) is 23.2 Å². The monoisotopic (exact) mass is 243 g/mol. The lowest BCUT2D eigenvalue weighted by Crippen LogP contribution is -2.13. The van der Waals surface area contributed by atoms with E-state index >= 15 is 0 Å². The van der Waals surface area contributed by atoms with Crippen molar-refractivity contribution >= 4 is 17.6 Å². The first-order valence-electron chi connectivity index (χ1n) is 4.86. The average molecular weight is 244 g/mol. The van der Waals surface area contributed by atoms with Gasteiger partial charge in [0.25, 0.3) is 0 Å². The van der Waals surface area contributed by atoms with E-state index in [4.69, 9.17) is 17.3 Å². The van der Waals surface area contributed by atoms with Crippen LogP contribution in [0.5, 0.6) is 5.75 Å². The summed E-state index contributed by atoms with van der Waals surface area (Å²) in [7, 11) is 1.32. The van der Waals surface area contributed by atoms with E-state index in [9.17, 15) is 9.90 Å². The smallest absolute Gasteiger partial charge is 0.305 e. The molecule has 88 valence electrons. The molecule has 0 fully saturated rings. The fourth-order valence-corrected chi connectivity index (χ4v) is 1.54. The Bertz CT molecular complexity index is 381. The average Bonchev–Trinajstić information content (AvgIpc) is 2.29. The molecule has 0 aromatic heterocycles. The van der Waals surface area contributed by atoms with E-state index in [1.165, 1.54) is 7.11 Å². The number of hydrogen-bond donors (Lipinski definition) is 2. The van der Waals surface area contributed by atoms with Gasteiger partial charge in [0, 0.05) is 18.0 Å². The van der Waals surface area contributed by atoms with Gasteiger partial charge in [0.2, 0.25) is 0 Å². The molecule has 1 unspecified atom stereocenters. The largest absolute Gasteiger partial charge is 0.506 e. The number of benzene rings is 1. The fourth-order valence-electron chi connectivity index (χ4n) is 1.36. The van der Waals surface area contributed by atoms with Crippen LogP contribution in [0.3, 0.4) is 0 Å². The second-order valence-electron chi connectivity index (χ2n) is 3.40. The Balaban J connectivity index is 2.69. The molecule has 5 heteroatoms. The number of methoxy groups -OCH3 is 1. The third-order valence-corrected chi connectivity index (χ3v) is 2.61. The number of aromatic hydroxyl groups is 1. The highest BCUT2D eigenvalue weighted by molar-refractivity contribution is 6.32. The fraction of sp³-hybridized carbons (Fsp3) is 0.364. The molecule has 1 atom stereocenters. The summed E-state index contributed by atoms with van der Waals surface area (Å²) in [6.45, 7) is 0. The van der Waals surface area contributed by atoms with Crippen molar-refractivity contribution in [1.29, 1.82) is 0 Å². The van der Waals surface area contributed by atoms with E-state index in [0.29, 0.717) is 12.0 Å². The van der Waals surface area contributed by atoms with Crippen molar-refractivity contribution < 1.29 is 14.6 Å². The number of para-hydroxylation sites is 1. The van der Waals surface area contributed by atoms with E-state index in [0.717, 1.165) is 0 Å². The summed E-state index contributed by atoms with van der Waals surface area (Å²) in [5.74, 6) is -0.349. The Morgan fingerprint density at radius 3 is 2.94 bits per heavy atom. The predicted molar refractivity (Wildman–Crippen MR) is 61.3 cm³/mol. The summed E-state index contributed by atoms with van der Waals surface area (Å²) in [6.07, 6.45) is 0.615. The number of rotatable bonds is 4. The van der Waals surface area contributed by atoms with Crippen LogP contribution in [0.15, 0.2) is 18.2 Å². The van der Waals surface area contributed by atoms with Gasteiger partial charge in [0.1, 0.15) is 5.75 Å². The minimum Gasteiger partial charge on any atom is -0.506 e. The van der Waals surface area contributed by atoms with Gasteiger partial charge in [-0.25, -0.2) is 0 Å². The molecule has 0 bridgehead atoms. The first-order valence-corrected chi connectivity index (χ1v) is 5.23. The zero-order valence-corrected chi connectivity index (χ0v) is 9.70. The normalized spacial score (nSPS) is 12.2. The molecule has 16 heavy (non-hydrogen) atoms. The maximum atomic E-state index is 10.9. The highest BCUT2D eigenvalue weighted by Gasteiger charge is 2.14. The van der Waals surface area contributed by atoms with Crippen molar-refractivity contribution in [1.82, 2.24) is 0 Å². The SMILES string of the molecule is COC(=O)CCC(N)c1cccc(Cl)c1O. The minimum absolute atomic E-state index is 0.0264. The summed E-state index contributed by atoms with van der Waals surface area (Å²) < 4.78 is 4.51. The van der Waals surface area contributed by atoms with E-state index < -0.39 is 6.04 Å². The number of hydrogen-bond acceptors (Lipinski definition) is 4. The van der Waals surface area contributed by atoms with Crippen molar-refractivity contribution in [3.63, 3.8) is 0 Å². The van der Waals surface area contributed by atoms with Gasteiger partial charge in [-0.1, -0.05) is 23.7 Å². The Kier molecular flexibility index (Phi) is 4.58. The molecular formula is C11H14ClNO3. The van der Waals surface area contributed by atoms with Crippen LogP contribution in [0.25, 0.3) is 0 Å². The van der Waals surface area contributed by atoms with Crippen molar-refractivity contribution in [2.24, 2.45) is 5.73 Å². The van der Waals surface area contributed by atoms with Crippen LogP contribution in [0.2, 0.25) is 5.02 Å². The van der Waals surface area contributed by atoms with Gasteiger partial charge in [-0.05, 0) is 12.5 Å². The molecule has 0 heterocycles. The molecule has 0 spiro atoms.